The van der Waals surface area contributed by atoms with E-state index in [4.69, 9.17) is 0 Å². The van der Waals surface area contributed by atoms with E-state index in [-0.39, 0.29) is 5.89 Å². The van der Waals surface area contributed by atoms with E-state index in [0.717, 1.165) is 6.92 Å². The molecule has 11 heavy (non-hydrogen) atoms. The molecule has 0 spiro atoms. The topological polar surface area (TPSA) is 38.9 Å². The Morgan fingerprint density at radius 3 is 2.36 bits per heavy atom. The van der Waals surface area contributed by atoms with Crippen molar-refractivity contribution in [1.29, 1.82) is 0 Å². The van der Waals surface area contributed by atoms with Crippen LogP contribution in [-0.4, -0.2) is 10.2 Å². The van der Waals surface area contributed by atoms with Crippen LogP contribution in [0.2, 0.25) is 0 Å². The summed E-state index contributed by atoms with van der Waals surface area (Å²) in [7, 11) is 0. The Morgan fingerprint density at radius 1 is 1.45 bits per heavy atom. The second-order valence-electron chi connectivity index (χ2n) is 2.24. The summed E-state index contributed by atoms with van der Waals surface area (Å²) in [5.74, 6) is -3.41. The summed E-state index contributed by atoms with van der Waals surface area (Å²) in [5.41, 5.74) is 0. The smallest absolute Gasteiger partial charge is 0.321 e. The highest BCUT2D eigenvalue weighted by Crippen LogP contribution is 2.24. The van der Waals surface area contributed by atoms with Crippen molar-refractivity contribution in [3.05, 3.63) is 11.8 Å². The van der Waals surface area contributed by atoms with Gasteiger partial charge in [0, 0.05) is 13.3 Å². The van der Waals surface area contributed by atoms with E-state index < -0.39 is 11.8 Å². The van der Waals surface area contributed by atoms with Gasteiger partial charge in [-0.2, -0.15) is 8.78 Å². The van der Waals surface area contributed by atoms with Crippen molar-refractivity contribution in [2.24, 2.45) is 0 Å². The standard InChI is InChI=1S/C6H8F2N2O/c1-3-4-9-10-5(11-4)6(2,7)8/h3H2,1-2H3. The van der Waals surface area contributed by atoms with Crippen LogP contribution in [0.3, 0.4) is 0 Å². The number of aromatic nitrogens is 2. The number of hydrogen-bond acceptors (Lipinski definition) is 3. The number of halogens is 2. The molecule has 1 rings (SSSR count). The second-order valence-corrected chi connectivity index (χ2v) is 2.24. The maximum Gasteiger partial charge on any atom is 0.321 e. The molecule has 1 aromatic heterocycles. The largest absolute Gasteiger partial charge is 0.420 e. The molecular weight excluding hydrogens is 154 g/mol. The molecule has 0 aliphatic heterocycles. The number of nitrogens with zero attached hydrogens (tertiary/aromatic N) is 2. The molecular formula is C6H8F2N2O. The Morgan fingerprint density at radius 2 is 2.09 bits per heavy atom. The SMILES string of the molecule is CCc1nnc(C(C)(F)F)o1. The fourth-order valence-corrected chi connectivity index (χ4v) is 0.574. The Kier molecular flexibility index (Phi) is 1.89. The average Bonchev–Trinajstić information content (AvgIpc) is 2.32. The van der Waals surface area contributed by atoms with Gasteiger partial charge in [0.05, 0.1) is 0 Å². The predicted molar refractivity (Wildman–Crippen MR) is 33.2 cm³/mol. The number of rotatable bonds is 2. The van der Waals surface area contributed by atoms with Crippen molar-refractivity contribution in [3.8, 4) is 0 Å². The number of hydrogen-bond donors (Lipinski definition) is 0. The van der Waals surface area contributed by atoms with Gasteiger partial charge in [0.15, 0.2) is 0 Å². The van der Waals surface area contributed by atoms with E-state index in [1.54, 1.807) is 6.92 Å². The Labute approximate surface area is 62.4 Å². The van der Waals surface area contributed by atoms with Crippen LogP contribution in [0, 0.1) is 0 Å². The first-order valence-electron chi connectivity index (χ1n) is 3.24. The second kappa shape index (κ2) is 2.56. The highest BCUT2D eigenvalue weighted by atomic mass is 19.3. The van der Waals surface area contributed by atoms with E-state index in [2.05, 4.69) is 14.6 Å². The van der Waals surface area contributed by atoms with Gasteiger partial charge in [-0.05, 0) is 0 Å². The van der Waals surface area contributed by atoms with Gasteiger partial charge in [0.1, 0.15) is 0 Å². The molecule has 0 aliphatic rings. The Bertz CT molecular complexity index is 241. The van der Waals surface area contributed by atoms with Crippen LogP contribution in [0.1, 0.15) is 25.6 Å². The summed E-state index contributed by atoms with van der Waals surface area (Å²) in [6.07, 6.45) is 0.475. The molecule has 5 heteroatoms. The maximum absolute atomic E-state index is 12.4. The minimum absolute atomic E-state index is 0.238. The van der Waals surface area contributed by atoms with E-state index in [1.807, 2.05) is 0 Å². The van der Waals surface area contributed by atoms with Crippen LogP contribution in [0.15, 0.2) is 4.42 Å². The molecule has 0 bridgehead atoms. The zero-order chi connectivity index (χ0) is 8.48. The van der Waals surface area contributed by atoms with Crippen molar-refractivity contribution in [1.82, 2.24) is 10.2 Å². The van der Waals surface area contributed by atoms with E-state index in [1.165, 1.54) is 0 Å². The van der Waals surface area contributed by atoms with E-state index >= 15 is 0 Å². The third-order valence-corrected chi connectivity index (χ3v) is 1.14. The van der Waals surface area contributed by atoms with Gasteiger partial charge >= 0.3 is 5.92 Å². The summed E-state index contributed by atoms with van der Waals surface area (Å²) < 4.78 is 29.4. The molecule has 1 heterocycles. The molecule has 0 amide bonds. The molecule has 0 radical (unpaired) electrons. The summed E-state index contributed by atoms with van der Waals surface area (Å²) in [5, 5.41) is 6.60. The van der Waals surface area contributed by atoms with Crippen molar-refractivity contribution < 1.29 is 13.2 Å². The molecule has 0 atom stereocenters. The first-order valence-corrected chi connectivity index (χ1v) is 3.24. The lowest BCUT2D eigenvalue weighted by Gasteiger charge is -2.01. The van der Waals surface area contributed by atoms with Crippen LogP contribution in [0.5, 0.6) is 0 Å². The minimum Gasteiger partial charge on any atom is -0.420 e. The summed E-state index contributed by atoms with van der Waals surface area (Å²) in [4.78, 5) is 0. The lowest BCUT2D eigenvalue weighted by molar-refractivity contribution is -0.0118. The van der Waals surface area contributed by atoms with Crippen LogP contribution in [0.25, 0.3) is 0 Å². The van der Waals surface area contributed by atoms with Crippen molar-refractivity contribution in [2.45, 2.75) is 26.2 Å². The molecule has 0 N–H and O–H groups in total. The van der Waals surface area contributed by atoms with Crippen molar-refractivity contribution in [2.75, 3.05) is 0 Å². The van der Waals surface area contributed by atoms with Crippen LogP contribution in [0.4, 0.5) is 8.78 Å². The molecule has 0 aromatic carbocycles. The molecule has 0 fully saturated rings. The average molecular weight is 162 g/mol. The van der Waals surface area contributed by atoms with Gasteiger partial charge in [-0.15, -0.1) is 10.2 Å². The molecule has 0 unspecified atom stereocenters. The van der Waals surface area contributed by atoms with Gasteiger partial charge in [-0.1, -0.05) is 6.92 Å². The van der Waals surface area contributed by atoms with Gasteiger partial charge in [0.2, 0.25) is 5.89 Å². The number of alkyl halides is 2. The van der Waals surface area contributed by atoms with E-state index in [9.17, 15) is 8.78 Å². The minimum atomic E-state index is -3.03. The zero-order valence-corrected chi connectivity index (χ0v) is 6.27. The first-order chi connectivity index (χ1) is 5.04. The van der Waals surface area contributed by atoms with Crippen molar-refractivity contribution >= 4 is 0 Å². The summed E-state index contributed by atoms with van der Waals surface area (Å²) >= 11 is 0. The third kappa shape index (κ3) is 1.72. The molecule has 0 saturated carbocycles. The molecule has 0 aliphatic carbocycles. The van der Waals surface area contributed by atoms with Crippen molar-refractivity contribution in [3.63, 3.8) is 0 Å². The third-order valence-electron chi connectivity index (χ3n) is 1.14. The van der Waals surface area contributed by atoms with Crippen LogP contribution < -0.4 is 0 Å². The molecule has 62 valence electrons. The predicted octanol–water partition coefficient (Wildman–Crippen LogP) is 1.74. The highest BCUT2D eigenvalue weighted by molar-refractivity contribution is 4.88. The first kappa shape index (κ1) is 8.10. The fourth-order valence-electron chi connectivity index (χ4n) is 0.574. The van der Waals surface area contributed by atoms with Gasteiger partial charge in [0.25, 0.3) is 5.89 Å². The molecule has 1 aromatic rings. The molecule has 3 nitrogen and oxygen atoms in total. The van der Waals surface area contributed by atoms with Crippen LogP contribution in [-0.2, 0) is 12.3 Å². The Balaban J connectivity index is 2.89. The maximum atomic E-state index is 12.4. The summed E-state index contributed by atoms with van der Waals surface area (Å²) in [6, 6.07) is 0. The monoisotopic (exact) mass is 162 g/mol. The lowest BCUT2D eigenvalue weighted by Crippen LogP contribution is -2.06. The van der Waals surface area contributed by atoms with E-state index in [0.29, 0.717) is 6.42 Å². The Hall–Kier alpha value is -1.00. The van der Waals surface area contributed by atoms with Gasteiger partial charge < -0.3 is 4.42 Å². The molecule has 0 saturated heterocycles. The lowest BCUT2D eigenvalue weighted by atomic mass is 10.4. The van der Waals surface area contributed by atoms with Gasteiger partial charge in [-0.25, -0.2) is 0 Å². The fraction of sp³-hybridized carbons (Fsp3) is 0.667. The number of aryl methyl sites for hydroxylation is 1. The normalized spacial score (nSPS) is 12.0. The van der Waals surface area contributed by atoms with Gasteiger partial charge in [-0.3, -0.25) is 0 Å². The highest BCUT2D eigenvalue weighted by Gasteiger charge is 2.31. The quantitative estimate of drug-likeness (QED) is 0.664. The zero-order valence-electron chi connectivity index (χ0n) is 6.27. The van der Waals surface area contributed by atoms with Crippen LogP contribution >= 0.6 is 0 Å². The summed E-state index contributed by atoms with van der Waals surface area (Å²) in [6.45, 7) is 2.48.